The lowest BCUT2D eigenvalue weighted by molar-refractivity contribution is -0.131. The summed E-state index contributed by atoms with van der Waals surface area (Å²) in [7, 11) is -3.62. The summed E-state index contributed by atoms with van der Waals surface area (Å²) < 4.78 is 26.8. The summed E-state index contributed by atoms with van der Waals surface area (Å²) in [4.78, 5) is 10.5. The first-order valence-electron chi connectivity index (χ1n) is 6.56. The maximum absolute atomic E-state index is 12.2. The molecule has 2 aromatic rings. The van der Waals surface area contributed by atoms with E-state index in [1.165, 1.54) is 18.2 Å². The van der Waals surface area contributed by atoms with E-state index in [2.05, 4.69) is 16.6 Å². The van der Waals surface area contributed by atoms with Gasteiger partial charge in [0.05, 0.1) is 4.90 Å². The van der Waals surface area contributed by atoms with Crippen molar-refractivity contribution in [3.8, 4) is 11.8 Å². The molecule has 0 atom stereocenters. The molecule has 6 heteroatoms. The average molecular weight is 327 g/mol. The molecule has 0 spiro atoms. The largest absolute Gasteiger partial charge is 0.478 e. The molecule has 2 N–H and O–H groups in total. The Balaban J connectivity index is 2.10. The zero-order valence-corrected chi connectivity index (χ0v) is 12.7. The fourth-order valence-corrected chi connectivity index (χ4v) is 2.75. The van der Waals surface area contributed by atoms with Crippen molar-refractivity contribution in [3.63, 3.8) is 0 Å². The number of hydrogen-bond acceptors (Lipinski definition) is 3. The van der Waals surface area contributed by atoms with E-state index < -0.39 is 16.0 Å². The Morgan fingerprint density at radius 2 is 1.70 bits per heavy atom. The van der Waals surface area contributed by atoms with Gasteiger partial charge >= 0.3 is 5.97 Å². The van der Waals surface area contributed by atoms with Gasteiger partial charge in [0, 0.05) is 17.3 Å². The molecule has 0 saturated heterocycles. The summed E-state index contributed by atoms with van der Waals surface area (Å²) in [6.45, 7) is 0. The van der Waals surface area contributed by atoms with Crippen molar-refractivity contribution in [2.24, 2.45) is 0 Å². The highest BCUT2D eigenvalue weighted by atomic mass is 32.2. The fourth-order valence-electron chi connectivity index (χ4n) is 1.67. The Bertz CT molecular complexity index is 874. The zero-order valence-electron chi connectivity index (χ0n) is 11.9. The molecule has 0 unspecified atom stereocenters. The molecule has 0 aromatic heterocycles. The summed E-state index contributed by atoms with van der Waals surface area (Å²) in [5, 5.41) is 8.43. The van der Waals surface area contributed by atoms with Gasteiger partial charge in [0.1, 0.15) is 0 Å². The molecule has 2 rings (SSSR count). The molecule has 2 aromatic carbocycles. The number of hydrogen-bond donors (Lipinski definition) is 2. The third-order valence-electron chi connectivity index (χ3n) is 2.72. The lowest BCUT2D eigenvalue weighted by atomic mass is 10.2. The summed E-state index contributed by atoms with van der Waals surface area (Å²) in [5.41, 5.74) is 1.06. The molecule has 0 amide bonds. The van der Waals surface area contributed by atoms with Gasteiger partial charge in [-0.15, -0.1) is 0 Å². The minimum atomic E-state index is -3.62. The van der Waals surface area contributed by atoms with Gasteiger partial charge in [0.25, 0.3) is 10.0 Å². The van der Waals surface area contributed by atoms with Crippen LogP contribution in [0.5, 0.6) is 0 Å². The SMILES string of the molecule is O=C(O)/C=C/C#Cc1ccc(NS(=O)(=O)c2ccccc2)cc1. The van der Waals surface area contributed by atoms with Crippen molar-refractivity contribution in [2.75, 3.05) is 4.72 Å². The fraction of sp³-hybridized carbons (Fsp3) is 0. The molecular formula is C17H13NO4S. The van der Waals surface area contributed by atoms with Crippen molar-refractivity contribution in [3.05, 3.63) is 72.3 Å². The minimum absolute atomic E-state index is 0.183. The second kappa shape index (κ2) is 7.29. The third-order valence-corrected chi connectivity index (χ3v) is 4.11. The van der Waals surface area contributed by atoms with Crippen LogP contribution in [0.1, 0.15) is 5.56 Å². The van der Waals surface area contributed by atoms with E-state index in [9.17, 15) is 13.2 Å². The number of benzene rings is 2. The van der Waals surface area contributed by atoms with Crippen LogP contribution in [0.2, 0.25) is 0 Å². The lowest BCUT2D eigenvalue weighted by Crippen LogP contribution is -2.12. The standard InChI is InChI=1S/C17H13NO4S/c19-17(20)9-5-4-6-14-10-12-15(13-11-14)18-23(21,22)16-7-2-1-3-8-16/h1-3,5,7-13,18H,(H,19,20)/b9-5+. The van der Waals surface area contributed by atoms with E-state index in [4.69, 9.17) is 5.11 Å². The molecule has 5 nitrogen and oxygen atoms in total. The summed E-state index contributed by atoms with van der Waals surface area (Å²) in [5.74, 6) is 4.26. The van der Waals surface area contributed by atoms with Gasteiger partial charge in [-0.05, 0) is 42.5 Å². The van der Waals surface area contributed by atoms with Gasteiger partial charge in [-0.25, -0.2) is 13.2 Å². The minimum Gasteiger partial charge on any atom is -0.478 e. The molecule has 0 heterocycles. The predicted molar refractivity (Wildman–Crippen MR) is 87.3 cm³/mol. The second-order valence-electron chi connectivity index (χ2n) is 4.44. The average Bonchev–Trinajstić information content (AvgIpc) is 2.53. The molecule has 0 saturated carbocycles. The molecule has 0 aliphatic rings. The second-order valence-corrected chi connectivity index (χ2v) is 6.12. The van der Waals surface area contributed by atoms with Crippen LogP contribution < -0.4 is 4.72 Å². The molecule has 0 aliphatic carbocycles. The molecule has 0 fully saturated rings. The van der Waals surface area contributed by atoms with E-state index >= 15 is 0 Å². The smallest absolute Gasteiger partial charge is 0.328 e. The van der Waals surface area contributed by atoms with Gasteiger partial charge in [-0.3, -0.25) is 4.72 Å². The third kappa shape index (κ3) is 5.02. The first-order valence-corrected chi connectivity index (χ1v) is 8.05. The highest BCUT2D eigenvalue weighted by molar-refractivity contribution is 7.92. The number of allylic oxidation sites excluding steroid dienone is 1. The van der Waals surface area contributed by atoms with Crippen molar-refractivity contribution in [1.29, 1.82) is 0 Å². The molecule has 23 heavy (non-hydrogen) atoms. The molecule has 0 bridgehead atoms. The normalized spacial score (nSPS) is 10.8. The van der Waals surface area contributed by atoms with Crippen LogP contribution in [-0.4, -0.2) is 19.5 Å². The maximum atomic E-state index is 12.2. The van der Waals surface area contributed by atoms with E-state index in [1.54, 1.807) is 42.5 Å². The van der Waals surface area contributed by atoms with Crippen molar-refractivity contribution >= 4 is 21.7 Å². The first-order chi connectivity index (χ1) is 11.0. The van der Waals surface area contributed by atoms with E-state index in [-0.39, 0.29) is 4.90 Å². The molecular weight excluding hydrogens is 314 g/mol. The Kier molecular flexibility index (Phi) is 5.18. The quantitative estimate of drug-likeness (QED) is 0.667. The summed E-state index contributed by atoms with van der Waals surface area (Å²) >= 11 is 0. The van der Waals surface area contributed by atoms with Crippen LogP contribution in [0.4, 0.5) is 5.69 Å². The zero-order chi connectivity index (χ0) is 16.7. The van der Waals surface area contributed by atoms with Crippen LogP contribution in [0, 0.1) is 11.8 Å². The van der Waals surface area contributed by atoms with Gasteiger partial charge in [-0.1, -0.05) is 30.0 Å². The van der Waals surface area contributed by atoms with Gasteiger partial charge in [-0.2, -0.15) is 0 Å². The maximum Gasteiger partial charge on any atom is 0.328 e. The Morgan fingerprint density at radius 1 is 1.04 bits per heavy atom. The van der Waals surface area contributed by atoms with E-state index in [0.29, 0.717) is 11.3 Å². The van der Waals surface area contributed by atoms with Crippen LogP contribution in [0.3, 0.4) is 0 Å². The number of rotatable bonds is 4. The van der Waals surface area contributed by atoms with Crippen LogP contribution in [0.25, 0.3) is 0 Å². The number of carboxylic acids is 1. The van der Waals surface area contributed by atoms with Gasteiger partial charge < -0.3 is 5.11 Å². The van der Waals surface area contributed by atoms with E-state index in [0.717, 1.165) is 6.08 Å². The topological polar surface area (TPSA) is 83.5 Å². The number of aliphatic carboxylic acids is 1. The van der Waals surface area contributed by atoms with Crippen molar-refractivity contribution < 1.29 is 18.3 Å². The Morgan fingerprint density at radius 3 is 2.30 bits per heavy atom. The van der Waals surface area contributed by atoms with E-state index in [1.807, 2.05) is 0 Å². The van der Waals surface area contributed by atoms with Crippen LogP contribution >= 0.6 is 0 Å². The predicted octanol–water partition coefficient (Wildman–Crippen LogP) is 2.48. The summed E-state index contributed by atoms with van der Waals surface area (Å²) in [6.07, 6.45) is 2.17. The van der Waals surface area contributed by atoms with Gasteiger partial charge in [0.2, 0.25) is 0 Å². The lowest BCUT2D eigenvalue weighted by Gasteiger charge is -2.07. The number of carbonyl (C=O) groups is 1. The monoisotopic (exact) mass is 327 g/mol. The highest BCUT2D eigenvalue weighted by Crippen LogP contribution is 2.16. The first kappa shape index (κ1) is 16.3. The number of sulfonamides is 1. The van der Waals surface area contributed by atoms with Gasteiger partial charge in [0.15, 0.2) is 0 Å². The number of carboxylic acid groups (broad SMARTS) is 1. The Hall–Kier alpha value is -3.04. The van der Waals surface area contributed by atoms with Crippen molar-refractivity contribution in [2.45, 2.75) is 4.90 Å². The van der Waals surface area contributed by atoms with Crippen LogP contribution in [-0.2, 0) is 14.8 Å². The molecule has 0 aliphatic heterocycles. The molecule has 116 valence electrons. The van der Waals surface area contributed by atoms with Crippen molar-refractivity contribution in [1.82, 2.24) is 0 Å². The number of nitrogens with one attached hydrogen (secondary N) is 1. The number of anilines is 1. The molecule has 0 radical (unpaired) electrons. The Labute approximate surface area is 134 Å². The summed E-state index contributed by atoms with van der Waals surface area (Å²) in [6, 6.07) is 14.5. The highest BCUT2D eigenvalue weighted by Gasteiger charge is 2.12. The van der Waals surface area contributed by atoms with Crippen LogP contribution in [0.15, 0.2) is 71.6 Å².